The summed E-state index contributed by atoms with van der Waals surface area (Å²) in [6, 6.07) is 9.69. The van der Waals surface area contributed by atoms with Crippen molar-refractivity contribution in [1.82, 2.24) is 15.0 Å². The molecule has 0 fully saturated rings. The minimum atomic E-state index is -0.863. The number of carboxylic acids is 1. The average molecular weight is 353 g/mol. The molecule has 3 rings (SSSR count). The highest BCUT2D eigenvalue weighted by molar-refractivity contribution is 5.80. The molecule has 0 radical (unpaired) electrons. The van der Waals surface area contributed by atoms with E-state index < -0.39 is 5.97 Å². The van der Waals surface area contributed by atoms with Gasteiger partial charge in [-0.05, 0) is 54.7 Å². The van der Waals surface area contributed by atoms with E-state index in [1.54, 1.807) is 0 Å². The summed E-state index contributed by atoms with van der Waals surface area (Å²) >= 11 is 0. The average Bonchev–Trinajstić information content (AvgIpc) is 3.05. The number of carbonyl (C=O) groups is 1. The van der Waals surface area contributed by atoms with Crippen molar-refractivity contribution >= 4 is 17.0 Å². The number of aromatic nitrogens is 3. The standard InChI is InChI=1S/C20H23N3O3/c1-4-23-18-8-7-16(13(3)20(18)21-22-23)17(10-19(25)26)14-6-5-12(2)15(9-14)11-24/h5-9,17,24H,4,10-11H2,1-3H3,(H,25,26). The third-order valence-electron chi connectivity index (χ3n) is 4.98. The first-order valence-electron chi connectivity index (χ1n) is 8.71. The number of aryl methyl sites for hydroxylation is 3. The number of rotatable bonds is 6. The zero-order valence-electron chi connectivity index (χ0n) is 15.2. The monoisotopic (exact) mass is 353 g/mol. The van der Waals surface area contributed by atoms with E-state index in [0.29, 0.717) is 0 Å². The maximum Gasteiger partial charge on any atom is 0.304 e. The molecule has 26 heavy (non-hydrogen) atoms. The third-order valence-corrected chi connectivity index (χ3v) is 4.98. The Morgan fingerprint density at radius 3 is 2.65 bits per heavy atom. The summed E-state index contributed by atoms with van der Waals surface area (Å²) in [6.45, 7) is 6.56. The van der Waals surface area contributed by atoms with Crippen LogP contribution in [0.5, 0.6) is 0 Å². The van der Waals surface area contributed by atoms with Crippen molar-refractivity contribution < 1.29 is 15.0 Å². The van der Waals surface area contributed by atoms with Gasteiger partial charge in [-0.25, -0.2) is 4.68 Å². The van der Waals surface area contributed by atoms with Crippen LogP contribution in [0, 0.1) is 13.8 Å². The molecule has 3 aromatic rings. The van der Waals surface area contributed by atoms with E-state index in [1.165, 1.54) is 0 Å². The number of aliphatic carboxylic acids is 1. The van der Waals surface area contributed by atoms with Crippen molar-refractivity contribution in [2.45, 2.75) is 46.3 Å². The number of hydrogen-bond donors (Lipinski definition) is 2. The van der Waals surface area contributed by atoms with Crippen LogP contribution in [0.1, 0.15) is 47.1 Å². The molecular formula is C20H23N3O3. The van der Waals surface area contributed by atoms with Gasteiger partial charge in [-0.1, -0.05) is 29.5 Å². The molecule has 2 N–H and O–H groups in total. The Kier molecular flexibility index (Phi) is 5.04. The molecule has 0 bridgehead atoms. The molecule has 0 spiro atoms. The Morgan fingerprint density at radius 1 is 1.23 bits per heavy atom. The minimum absolute atomic E-state index is 0.0256. The van der Waals surface area contributed by atoms with Gasteiger partial charge < -0.3 is 10.2 Å². The number of carboxylic acid groups (broad SMARTS) is 1. The lowest BCUT2D eigenvalue weighted by Crippen LogP contribution is -2.10. The van der Waals surface area contributed by atoms with Crippen molar-refractivity contribution in [2.75, 3.05) is 0 Å². The fourth-order valence-electron chi connectivity index (χ4n) is 3.45. The van der Waals surface area contributed by atoms with E-state index in [9.17, 15) is 15.0 Å². The van der Waals surface area contributed by atoms with Gasteiger partial charge >= 0.3 is 5.97 Å². The van der Waals surface area contributed by atoms with Crippen molar-refractivity contribution in [2.24, 2.45) is 0 Å². The molecule has 0 aliphatic heterocycles. The molecule has 0 aliphatic rings. The molecule has 1 aromatic heterocycles. The molecule has 0 aliphatic carbocycles. The topological polar surface area (TPSA) is 88.2 Å². The molecule has 1 unspecified atom stereocenters. The quantitative estimate of drug-likeness (QED) is 0.711. The highest BCUT2D eigenvalue weighted by Gasteiger charge is 2.22. The Balaban J connectivity index is 2.15. The zero-order chi connectivity index (χ0) is 18.8. The third kappa shape index (κ3) is 3.20. The van der Waals surface area contributed by atoms with Gasteiger partial charge in [0.2, 0.25) is 0 Å². The largest absolute Gasteiger partial charge is 0.481 e. The van der Waals surface area contributed by atoms with Gasteiger partial charge in [-0.3, -0.25) is 4.79 Å². The highest BCUT2D eigenvalue weighted by atomic mass is 16.4. The lowest BCUT2D eigenvalue weighted by atomic mass is 9.84. The van der Waals surface area contributed by atoms with Crippen LogP contribution in [0.3, 0.4) is 0 Å². The second-order valence-corrected chi connectivity index (χ2v) is 6.55. The van der Waals surface area contributed by atoms with Crippen molar-refractivity contribution in [1.29, 1.82) is 0 Å². The van der Waals surface area contributed by atoms with Crippen molar-refractivity contribution in [3.63, 3.8) is 0 Å². The maximum absolute atomic E-state index is 11.5. The van der Waals surface area contributed by atoms with E-state index in [-0.39, 0.29) is 18.9 Å². The Labute approximate surface area is 152 Å². The number of aliphatic hydroxyl groups excluding tert-OH is 1. The number of hydrogen-bond acceptors (Lipinski definition) is 4. The normalized spacial score (nSPS) is 12.5. The molecule has 6 heteroatoms. The molecular weight excluding hydrogens is 330 g/mol. The summed E-state index contributed by atoms with van der Waals surface area (Å²) in [5.41, 5.74) is 6.30. The van der Waals surface area contributed by atoms with E-state index in [1.807, 2.05) is 55.8 Å². The lowest BCUT2D eigenvalue weighted by molar-refractivity contribution is -0.137. The second-order valence-electron chi connectivity index (χ2n) is 6.55. The fourth-order valence-corrected chi connectivity index (χ4v) is 3.45. The molecule has 0 saturated carbocycles. The van der Waals surface area contributed by atoms with Gasteiger partial charge in [0, 0.05) is 12.5 Å². The van der Waals surface area contributed by atoms with Crippen LogP contribution in [-0.2, 0) is 17.9 Å². The van der Waals surface area contributed by atoms with Crippen LogP contribution in [-0.4, -0.2) is 31.2 Å². The Hall–Kier alpha value is -2.73. The predicted molar refractivity (Wildman–Crippen MR) is 99.1 cm³/mol. The lowest BCUT2D eigenvalue weighted by Gasteiger charge is -2.20. The first-order chi connectivity index (χ1) is 12.5. The van der Waals surface area contributed by atoms with Gasteiger partial charge in [0.15, 0.2) is 0 Å². The second kappa shape index (κ2) is 7.25. The predicted octanol–water partition coefficient (Wildman–Crippen LogP) is 3.17. The van der Waals surface area contributed by atoms with Gasteiger partial charge in [-0.2, -0.15) is 0 Å². The van der Waals surface area contributed by atoms with Crippen molar-refractivity contribution in [3.05, 3.63) is 58.1 Å². The number of benzene rings is 2. The number of nitrogens with zero attached hydrogens (tertiary/aromatic N) is 3. The molecule has 2 aromatic carbocycles. The first kappa shape index (κ1) is 18.1. The summed E-state index contributed by atoms with van der Waals surface area (Å²) in [7, 11) is 0. The summed E-state index contributed by atoms with van der Waals surface area (Å²) in [5, 5.41) is 27.5. The first-order valence-corrected chi connectivity index (χ1v) is 8.71. The smallest absolute Gasteiger partial charge is 0.304 e. The molecule has 0 amide bonds. The van der Waals surface area contributed by atoms with E-state index >= 15 is 0 Å². The van der Waals surface area contributed by atoms with E-state index in [0.717, 1.165) is 45.4 Å². The fraction of sp³-hybridized carbons (Fsp3) is 0.350. The van der Waals surface area contributed by atoms with Crippen molar-refractivity contribution in [3.8, 4) is 0 Å². The summed E-state index contributed by atoms with van der Waals surface area (Å²) < 4.78 is 1.83. The SMILES string of the molecule is CCn1nnc2c(C)c(C(CC(=O)O)c3ccc(C)c(CO)c3)ccc21. The minimum Gasteiger partial charge on any atom is -0.481 e. The molecule has 1 atom stereocenters. The molecule has 136 valence electrons. The van der Waals surface area contributed by atoms with E-state index in [2.05, 4.69) is 10.3 Å². The van der Waals surface area contributed by atoms with Crippen LogP contribution < -0.4 is 0 Å². The molecule has 1 heterocycles. The van der Waals surface area contributed by atoms with Gasteiger partial charge in [0.25, 0.3) is 0 Å². The van der Waals surface area contributed by atoms with Crippen LogP contribution in [0.2, 0.25) is 0 Å². The number of aliphatic hydroxyl groups is 1. The van der Waals surface area contributed by atoms with Crippen LogP contribution >= 0.6 is 0 Å². The Bertz CT molecular complexity index is 962. The number of fused-ring (bicyclic) bond motifs is 1. The Morgan fingerprint density at radius 2 is 2.00 bits per heavy atom. The molecule has 6 nitrogen and oxygen atoms in total. The van der Waals surface area contributed by atoms with E-state index in [4.69, 9.17) is 0 Å². The molecule has 0 saturated heterocycles. The van der Waals surface area contributed by atoms with Crippen LogP contribution in [0.25, 0.3) is 11.0 Å². The summed E-state index contributed by atoms with van der Waals surface area (Å²) in [4.78, 5) is 11.5. The van der Waals surface area contributed by atoms with Gasteiger partial charge in [-0.15, -0.1) is 5.10 Å². The zero-order valence-corrected chi connectivity index (χ0v) is 15.2. The summed E-state index contributed by atoms with van der Waals surface area (Å²) in [5.74, 6) is -1.17. The van der Waals surface area contributed by atoms with Gasteiger partial charge in [0.1, 0.15) is 5.52 Å². The van der Waals surface area contributed by atoms with Crippen LogP contribution in [0.15, 0.2) is 30.3 Å². The summed E-state index contributed by atoms with van der Waals surface area (Å²) in [6.07, 6.45) is -0.0256. The maximum atomic E-state index is 11.5. The highest BCUT2D eigenvalue weighted by Crippen LogP contribution is 2.34. The van der Waals surface area contributed by atoms with Gasteiger partial charge in [0.05, 0.1) is 18.5 Å². The van der Waals surface area contributed by atoms with Crippen LogP contribution in [0.4, 0.5) is 0 Å².